The number of carbonyl (C=O) groups is 2. The smallest absolute Gasteiger partial charge is 0.352 e. The van der Waals surface area contributed by atoms with Gasteiger partial charge in [0.05, 0.1) is 17.3 Å². The standard InChI is InChI=1S/C22H24F3N3O2/c1-15(29)26-13-17-14-27-19(12-18(17)22(23,24)25)20-8-5-11-28(20)21(30)10-9-16-6-3-2-4-7-16/h2-4,6-7,12,14,20H,5,8-11,13H2,1H3,(H,26,29)/t20-/m1/s1. The lowest BCUT2D eigenvalue weighted by Crippen LogP contribution is -2.31. The van der Waals surface area contributed by atoms with Crippen LogP contribution in [0.25, 0.3) is 0 Å². The quantitative estimate of drug-likeness (QED) is 0.769. The number of nitrogens with zero attached hydrogens (tertiary/aromatic N) is 2. The third-order valence-corrected chi connectivity index (χ3v) is 5.23. The van der Waals surface area contributed by atoms with Gasteiger partial charge in [0.1, 0.15) is 0 Å². The van der Waals surface area contributed by atoms with Crippen molar-refractivity contribution in [2.75, 3.05) is 6.54 Å². The van der Waals surface area contributed by atoms with Crippen molar-refractivity contribution in [1.29, 1.82) is 0 Å². The number of alkyl halides is 3. The van der Waals surface area contributed by atoms with Gasteiger partial charge in [-0.3, -0.25) is 14.6 Å². The predicted molar refractivity (Wildman–Crippen MR) is 105 cm³/mol. The average Bonchev–Trinajstić information content (AvgIpc) is 3.20. The fraction of sp³-hybridized carbons (Fsp3) is 0.409. The maximum atomic E-state index is 13.6. The van der Waals surface area contributed by atoms with E-state index in [4.69, 9.17) is 0 Å². The molecule has 5 nitrogen and oxygen atoms in total. The second kappa shape index (κ2) is 9.28. The van der Waals surface area contributed by atoms with Crippen LogP contribution in [0.2, 0.25) is 0 Å². The topological polar surface area (TPSA) is 62.3 Å². The van der Waals surface area contributed by atoms with E-state index < -0.39 is 23.7 Å². The number of rotatable bonds is 6. The first-order chi connectivity index (χ1) is 14.3. The zero-order valence-electron chi connectivity index (χ0n) is 16.7. The van der Waals surface area contributed by atoms with Gasteiger partial charge in [0, 0.05) is 38.2 Å². The molecule has 0 spiro atoms. The van der Waals surface area contributed by atoms with E-state index >= 15 is 0 Å². The fourth-order valence-electron chi connectivity index (χ4n) is 3.72. The van der Waals surface area contributed by atoms with E-state index in [2.05, 4.69) is 10.3 Å². The number of benzene rings is 1. The van der Waals surface area contributed by atoms with E-state index in [1.165, 1.54) is 6.92 Å². The molecule has 1 atom stereocenters. The summed E-state index contributed by atoms with van der Waals surface area (Å²) in [6.07, 6.45) is -1.25. The molecule has 2 heterocycles. The summed E-state index contributed by atoms with van der Waals surface area (Å²) in [5.41, 5.74) is 0.354. The molecule has 3 rings (SSSR count). The Kier molecular flexibility index (Phi) is 6.74. The van der Waals surface area contributed by atoms with Crippen molar-refractivity contribution < 1.29 is 22.8 Å². The maximum Gasteiger partial charge on any atom is 0.416 e. The number of likely N-dealkylation sites (tertiary alicyclic amines) is 1. The van der Waals surface area contributed by atoms with E-state index in [1.54, 1.807) is 4.90 Å². The molecule has 0 saturated carbocycles. The van der Waals surface area contributed by atoms with Crippen LogP contribution in [0.15, 0.2) is 42.6 Å². The molecule has 1 aromatic heterocycles. The Morgan fingerprint density at radius 1 is 1.23 bits per heavy atom. The van der Waals surface area contributed by atoms with Gasteiger partial charge in [0.25, 0.3) is 0 Å². The molecular formula is C22H24F3N3O2. The zero-order chi connectivity index (χ0) is 21.7. The Balaban J connectivity index is 1.77. The Bertz CT molecular complexity index is 900. The van der Waals surface area contributed by atoms with Crippen LogP contribution >= 0.6 is 0 Å². The first-order valence-electron chi connectivity index (χ1n) is 9.89. The zero-order valence-corrected chi connectivity index (χ0v) is 16.7. The normalized spacial score (nSPS) is 16.5. The van der Waals surface area contributed by atoms with Gasteiger partial charge in [-0.15, -0.1) is 0 Å². The summed E-state index contributed by atoms with van der Waals surface area (Å²) in [6.45, 7) is 1.50. The second-order valence-electron chi connectivity index (χ2n) is 7.40. The molecule has 0 bridgehead atoms. The molecule has 1 fully saturated rings. The van der Waals surface area contributed by atoms with Crippen molar-refractivity contribution in [1.82, 2.24) is 15.2 Å². The number of hydrogen-bond acceptors (Lipinski definition) is 3. The van der Waals surface area contributed by atoms with E-state index in [1.807, 2.05) is 30.3 Å². The highest BCUT2D eigenvalue weighted by Gasteiger charge is 2.37. The monoisotopic (exact) mass is 419 g/mol. The van der Waals surface area contributed by atoms with E-state index in [-0.39, 0.29) is 23.7 Å². The largest absolute Gasteiger partial charge is 0.416 e. The molecule has 2 aromatic rings. The van der Waals surface area contributed by atoms with Crippen molar-refractivity contribution in [2.24, 2.45) is 0 Å². The highest BCUT2D eigenvalue weighted by molar-refractivity contribution is 5.77. The predicted octanol–water partition coefficient (Wildman–Crippen LogP) is 4.03. The van der Waals surface area contributed by atoms with E-state index in [0.29, 0.717) is 25.8 Å². The molecule has 160 valence electrons. The fourth-order valence-corrected chi connectivity index (χ4v) is 3.72. The first kappa shape index (κ1) is 21.8. The molecule has 2 amide bonds. The van der Waals surface area contributed by atoms with Crippen molar-refractivity contribution in [2.45, 2.75) is 51.4 Å². The highest BCUT2D eigenvalue weighted by atomic mass is 19.4. The summed E-state index contributed by atoms with van der Waals surface area (Å²) in [7, 11) is 0. The van der Waals surface area contributed by atoms with Gasteiger partial charge in [-0.05, 0) is 30.9 Å². The molecule has 1 aliphatic rings. The van der Waals surface area contributed by atoms with E-state index in [0.717, 1.165) is 24.2 Å². The van der Waals surface area contributed by atoms with Gasteiger partial charge in [-0.2, -0.15) is 13.2 Å². The van der Waals surface area contributed by atoms with Crippen molar-refractivity contribution in [3.63, 3.8) is 0 Å². The summed E-state index contributed by atoms with van der Waals surface area (Å²) in [4.78, 5) is 29.7. The van der Waals surface area contributed by atoms with Gasteiger partial charge in [-0.25, -0.2) is 0 Å². The van der Waals surface area contributed by atoms with E-state index in [9.17, 15) is 22.8 Å². The lowest BCUT2D eigenvalue weighted by Gasteiger charge is -2.25. The summed E-state index contributed by atoms with van der Waals surface area (Å²) >= 11 is 0. The van der Waals surface area contributed by atoms with Crippen LogP contribution in [0.3, 0.4) is 0 Å². The summed E-state index contributed by atoms with van der Waals surface area (Å²) < 4.78 is 40.7. The van der Waals surface area contributed by atoms with Crippen LogP contribution in [-0.4, -0.2) is 28.2 Å². The van der Waals surface area contributed by atoms with Gasteiger partial charge < -0.3 is 10.2 Å². The molecule has 1 N–H and O–H groups in total. The van der Waals surface area contributed by atoms with Crippen LogP contribution in [0.5, 0.6) is 0 Å². The van der Waals surface area contributed by atoms with Gasteiger partial charge in [0.15, 0.2) is 0 Å². The van der Waals surface area contributed by atoms with Gasteiger partial charge >= 0.3 is 6.18 Å². The number of hydrogen-bond donors (Lipinski definition) is 1. The minimum atomic E-state index is -4.58. The van der Waals surface area contributed by atoms with Crippen molar-refractivity contribution in [3.8, 4) is 0 Å². The number of halogens is 3. The Morgan fingerprint density at radius 3 is 2.63 bits per heavy atom. The SMILES string of the molecule is CC(=O)NCc1cnc([C@H]2CCCN2C(=O)CCc2ccccc2)cc1C(F)(F)F. The number of amides is 2. The lowest BCUT2D eigenvalue weighted by molar-refractivity contribution is -0.138. The summed E-state index contributed by atoms with van der Waals surface area (Å²) in [6, 6.07) is 10.2. The molecule has 0 radical (unpaired) electrons. The van der Waals surface area contributed by atoms with Crippen LogP contribution in [0, 0.1) is 0 Å². The van der Waals surface area contributed by atoms with Gasteiger partial charge in [-0.1, -0.05) is 30.3 Å². The average molecular weight is 419 g/mol. The number of aryl methyl sites for hydroxylation is 1. The third kappa shape index (κ3) is 5.37. The number of pyridine rings is 1. The number of aromatic nitrogens is 1. The van der Waals surface area contributed by atoms with Crippen molar-refractivity contribution >= 4 is 11.8 Å². The molecular weight excluding hydrogens is 395 g/mol. The van der Waals surface area contributed by atoms with Crippen LogP contribution < -0.4 is 5.32 Å². The molecule has 8 heteroatoms. The Morgan fingerprint density at radius 2 is 1.97 bits per heavy atom. The minimum absolute atomic E-state index is 0.0842. The molecule has 0 unspecified atom stereocenters. The lowest BCUT2D eigenvalue weighted by atomic mass is 10.0. The maximum absolute atomic E-state index is 13.6. The Labute approximate surface area is 173 Å². The molecule has 1 saturated heterocycles. The number of nitrogens with one attached hydrogen (secondary N) is 1. The van der Waals surface area contributed by atoms with Crippen LogP contribution in [-0.2, 0) is 28.7 Å². The molecule has 0 aliphatic carbocycles. The Hall–Kier alpha value is -2.90. The summed E-state index contributed by atoms with van der Waals surface area (Å²) in [5.74, 6) is -0.503. The first-order valence-corrected chi connectivity index (χ1v) is 9.89. The minimum Gasteiger partial charge on any atom is -0.352 e. The number of carbonyl (C=O) groups excluding carboxylic acids is 2. The molecule has 1 aliphatic heterocycles. The van der Waals surface area contributed by atoms with Crippen LogP contribution in [0.1, 0.15) is 54.6 Å². The molecule has 30 heavy (non-hydrogen) atoms. The molecule has 1 aromatic carbocycles. The summed E-state index contributed by atoms with van der Waals surface area (Å²) in [5, 5.41) is 2.38. The highest BCUT2D eigenvalue weighted by Crippen LogP contribution is 2.37. The second-order valence-corrected chi connectivity index (χ2v) is 7.40. The van der Waals surface area contributed by atoms with Crippen molar-refractivity contribution in [3.05, 3.63) is 65.0 Å². The van der Waals surface area contributed by atoms with Crippen LogP contribution in [0.4, 0.5) is 13.2 Å². The van der Waals surface area contributed by atoms with Gasteiger partial charge in [0.2, 0.25) is 11.8 Å². The third-order valence-electron chi connectivity index (χ3n) is 5.23.